The summed E-state index contributed by atoms with van der Waals surface area (Å²) < 4.78 is 7.41. The molecule has 0 aromatic carbocycles. The Labute approximate surface area is 105 Å². The normalized spacial score (nSPS) is 21.8. The van der Waals surface area contributed by atoms with E-state index in [4.69, 9.17) is 10.5 Å². The molecule has 1 atom stereocenters. The molecule has 0 amide bonds. The van der Waals surface area contributed by atoms with E-state index in [-0.39, 0.29) is 17.7 Å². The lowest BCUT2D eigenvalue weighted by molar-refractivity contribution is 0.281. The number of nitrogens with zero attached hydrogens (tertiary/aromatic N) is 1. The van der Waals surface area contributed by atoms with Crippen molar-refractivity contribution in [3.8, 4) is 5.75 Å². The van der Waals surface area contributed by atoms with Gasteiger partial charge in [-0.1, -0.05) is 19.7 Å². The molecule has 2 aliphatic rings. The average Bonchev–Trinajstić information content (AvgIpc) is 3.10. The molecule has 1 aromatic heterocycles. The Bertz CT molecular complexity index is 698. The molecule has 1 aliphatic carbocycles. The summed E-state index contributed by atoms with van der Waals surface area (Å²) in [4.78, 5) is 12.5. The highest BCUT2D eigenvalue weighted by atomic mass is 16.5. The largest absolute Gasteiger partial charge is 0.483 e. The standard InChI is InChI=1S/C14H16N2O2/c1-7-9(3)16(10-4-5-10)14(17)12-8(2)11(6-15)18-13(7)12/h10-11H,1-6,15H2. The van der Waals surface area contributed by atoms with Crippen molar-refractivity contribution in [2.45, 2.75) is 25.0 Å². The second-order valence-electron chi connectivity index (χ2n) is 4.90. The summed E-state index contributed by atoms with van der Waals surface area (Å²) in [5.74, 6) is 0.516. The molecule has 1 saturated carbocycles. The fraction of sp³-hybridized carbons (Fsp3) is 0.357. The van der Waals surface area contributed by atoms with Crippen LogP contribution in [0.15, 0.2) is 11.4 Å². The maximum Gasteiger partial charge on any atom is 0.262 e. The Morgan fingerprint density at radius 1 is 1.33 bits per heavy atom. The van der Waals surface area contributed by atoms with Gasteiger partial charge in [-0.15, -0.1) is 0 Å². The lowest BCUT2D eigenvalue weighted by Gasteiger charge is -2.08. The van der Waals surface area contributed by atoms with Crippen molar-refractivity contribution in [3.63, 3.8) is 0 Å². The molecule has 0 bridgehead atoms. The molecule has 0 spiro atoms. The number of hydrogen-bond acceptors (Lipinski definition) is 3. The third-order valence-corrected chi connectivity index (χ3v) is 3.67. The Morgan fingerprint density at radius 2 is 2.00 bits per heavy atom. The minimum absolute atomic E-state index is 0.0640. The highest BCUT2D eigenvalue weighted by molar-refractivity contribution is 5.75. The van der Waals surface area contributed by atoms with Crippen LogP contribution in [0.25, 0.3) is 18.7 Å². The monoisotopic (exact) mass is 244 g/mol. The minimum Gasteiger partial charge on any atom is -0.483 e. The van der Waals surface area contributed by atoms with Crippen LogP contribution < -0.4 is 26.6 Å². The maximum atomic E-state index is 12.5. The van der Waals surface area contributed by atoms with Crippen molar-refractivity contribution in [1.29, 1.82) is 0 Å². The lowest BCUT2D eigenvalue weighted by Crippen LogP contribution is -2.42. The van der Waals surface area contributed by atoms with E-state index in [0.717, 1.165) is 12.8 Å². The van der Waals surface area contributed by atoms with Gasteiger partial charge >= 0.3 is 0 Å². The van der Waals surface area contributed by atoms with Gasteiger partial charge in [0.2, 0.25) is 0 Å². The smallest absolute Gasteiger partial charge is 0.262 e. The highest BCUT2D eigenvalue weighted by Crippen LogP contribution is 2.34. The Kier molecular flexibility index (Phi) is 2.25. The quantitative estimate of drug-likeness (QED) is 0.779. The van der Waals surface area contributed by atoms with Crippen molar-refractivity contribution in [2.24, 2.45) is 5.73 Å². The predicted molar refractivity (Wildman–Crippen MR) is 71.8 cm³/mol. The number of ether oxygens (including phenoxy) is 1. The fourth-order valence-electron chi connectivity index (χ4n) is 2.46. The highest BCUT2D eigenvalue weighted by Gasteiger charge is 2.34. The zero-order chi connectivity index (χ0) is 13.0. The summed E-state index contributed by atoms with van der Waals surface area (Å²) >= 11 is 0. The van der Waals surface area contributed by atoms with Crippen LogP contribution in [0.2, 0.25) is 0 Å². The number of hydrogen-bond donors (Lipinski definition) is 1. The van der Waals surface area contributed by atoms with Gasteiger partial charge in [-0.25, -0.2) is 0 Å². The molecule has 0 saturated heterocycles. The maximum absolute atomic E-state index is 12.5. The van der Waals surface area contributed by atoms with Gasteiger partial charge in [-0.2, -0.15) is 0 Å². The number of fused-ring (bicyclic) bond motifs is 1. The van der Waals surface area contributed by atoms with Crippen LogP contribution in [-0.4, -0.2) is 17.2 Å². The fourth-order valence-corrected chi connectivity index (χ4v) is 2.46. The molecular formula is C14H16N2O2. The summed E-state index contributed by atoms with van der Waals surface area (Å²) in [7, 11) is 0. The van der Waals surface area contributed by atoms with Crippen LogP contribution in [0, 0.1) is 0 Å². The zero-order valence-corrected chi connectivity index (χ0v) is 10.2. The number of nitrogens with two attached hydrogens (primary N) is 1. The third kappa shape index (κ3) is 1.32. The van der Waals surface area contributed by atoms with Crippen LogP contribution in [-0.2, 0) is 0 Å². The van der Waals surface area contributed by atoms with E-state index >= 15 is 0 Å². The summed E-state index contributed by atoms with van der Waals surface area (Å²) in [6.45, 7) is 12.2. The molecule has 2 N–H and O–H groups in total. The van der Waals surface area contributed by atoms with Crippen LogP contribution in [0.4, 0.5) is 0 Å². The number of pyridine rings is 1. The zero-order valence-electron chi connectivity index (χ0n) is 10.2. The summed E-state index contributed by atoms with van der Waals surface area (Å²) in [5.41, 5.74) is 6.76. The van der Waals surface area contributed by atoms with Crippen molar-refractivity contribution >= 4 is 18.7 Å². The molecule has 4 heteroatoms. The second kappa shape index (κ2) is 3.59. The van der Waals surface area contributed by atoms with E-state index in [1.807, 2.05) is 0 Å². The minimum atomic E-state index is -0.317. The summed E-state index contributed by atoms with van der Waals surface area (Å²) in [6, 6.07) is 0.264. The second-order valence-corrected chi connectivity index (χ2v) is 4.90. The first-order valence-electron chi connectivity index (χ1n) is 6.08. The average molecular weight is 244 g/mol. The topological polar surface area (TPSA) is 57.2 Å². The van der Waals surface area contributed by atoms with Gasteiger partial charge in [-0.05, 0) is 12.8 Å². The Morgan fingerprint density at radius 3 is 2.56 bits per heavy atom. The molecule has 1 fully saturated rings. The van der Waals surface area contributed by atoms with Crippen molar-refractivity contribution in [2.75, 3.05) is 6.54 Å². The van der Waals surface area contributed by atoms with Crippen molar-refractivity contribution in [3.05, 3.63) is 33.1 Å². The molecule has 1 aliphatic heterocycles. The molecule has 4 nitrogen and oxygen atoms in total. The first kappa shape index (κ1) is 11.3. The first-order chi connectivity index (χ1) is 8.56. The van der Waals surface area contributed by atoms with Gasteiger partial charge in [0.05, 0.1) is 5.56 Å². The molecule has 1 unspecified atom stereocenters. The molecule has 2 heterocycles. The van der Waals surface area contributed by atoms with Crippen LogP contribution >= 0.6 is 0 Å². The van der Waals surface area contributed by atoms with Crippen molar-refractivity contribution in [1.82, 2.24) is 4.57 Å². The SMILES string of the molecule is C=C1c2c(c(=C)c(=C)n(C3CC3)c2=O)OC1CN. The van der Waals surface area contributed by atoms with Gasteiger partial charge in [0.1, 0.15) is 11.9 Å². The van der Waals surface area contributed by atoms with E-state index in [9.17, 15) is 4.79 Å². The summed E-state index contributed by atoms with van der Waals surface area (Å²) in [6.07, 6.45) is 1.73. The van der Waals surface area contributed by atoms with Crippen molar-refractivity contribution < 1.29 is 4.74 Å². The predicted octanol–water partition coefficient (Wildman–Crippen LogP) is -0.263. The molecule has 94 valence electrons. The van der Waals surface area contributed by atoms with E-state index < -0.39 is 0 Å². The van der Waals surface area contributed by atoms with E-state index in [0.29, 0.717) is 34.0 Å². The van der Waals surface area contributed by atoms with Crippen LogP contribution in [0.1, 0.15) is 24.4 Å². The lowest BCUT2D eigenvalue weighted by atomic mass is 10.1. The van der Waals surface area contributed by atoms with Gasteiger partial charge in [0.25, 0.3) is 5.56 Å². The first-order valence-corrected chi connectivity index (χ1v) is 6.08. The molecule has 3 rings (SSSR count). The van der Waals surface area contributed by atoms with E-state index in [1.54, 1.807) is 4.57 Å². The third-order valence-electron chi connectivity index (χ3n) is 3.67. The number of rotatable bonds is 2. The van der Waals surface area contributed by atoms with Gasteiger partial charge < -0.3 is 15.0 Å². The number of aromatic nitrogens is 1. The molecular weight excluding hydrogens is 228 g/mol. The van der Waals surface area contributed by atoms with E-state index in [1.165, 1.54) is 0 Å². The molecule has 0 radical (unpaired) electrons. The van der Waals surface area contributed by atoms with Crippen LogP contribution in [0.5, 0.6) is 5.75 Å². The van der Waals surface area contributed by atoms with Gasteiger partial charge in [-0.3, -0.25) is 4.79 Å². The van der Waals surface area contributed by atoms with Gasteiger partial charge in [0, 0.05) is 28.7 Å². The Hall–Kier alpha value is -1.81. The van der Waals surface area contributed by atoms with Crippen LogP contribution in [0.3, 0.4) is 0 Å². The molecule has 1 aromatic rings. The summed E-state index contributed by atoms with van der Waals surface area (Å²) in [5, 5.41) is 1.32. The molecule has 18 heavy (non-hydrogen) atoms. The van der Waals surface area contributed by atoms with Gasteiger partial charge in [0.15, 0.2) is 0 Å². The Balaban J connectivity index is 2.34. The van der Waals surface area contributed by atoms with E-state index in [2.05, 4.69) is 19.7 Å².